The van der Waals surface area contributed by atoms with E-state index in [-0.39, 0.29) is 18.2 Å². The Morgan fingerprint density at radius 1 is 0.839 bits per heavy atom. The lowest BCUT2D eigenvalue weighted by molar-refractivity contribution is -0.128. The quantitative estimate of drug-likeness (QED) is 0.610. The lowest BCUT2D eigenvalue weighted by atomic mass is 10.0. The molecule has 1 fully saturated rings. The first-order valence-corrected chi connectivity index (χ1v) is 11.3. The standard InChI is InChI=1S/C25H34N4O2/c1-2-3-7-21-10-12-22(13-11-21)20-25(31)27-26-24(30)14-15-28-16-18-29(19-17-28)23-8-5-4-6-9-23/h4-6,8-13H,2-3,7,14-20H2,1H3,(H,26,30)(H,27,31). The van der Waals surface area contributed by atoms with E-state index in [0.29, 0.717) is 13.0 Å². The summed E-state index contributed by atoms with van der Waals surface area (Å²) in [6, 6.07) is 18.5. The van der Waals surface area contributed by atoms with E-state index in [1.54, 1.807) is 0 Å². The zero-order chi connectivity index (χ0) is 21.9. The van der Waals surface area contributed by atoms with Gasteiger partial charge in [-0.05, 0) is 36.1 Å². The summed E-state index contributed by atoms with van der Waals surface area (Å²) < 4.78 is 0. The molecule has 0 saturated carbocycles. The highest BCUT2D eigenvalue weighted by atomic mass is 16.2. The molecule has 2 N–H and O–H groups in total. The third-order valence-corrected chi connectivity index (χ3v) is 5.70. The third-order valence-electron chi connectivity index (χ3n) is 5.70. The maximum Gasteiger partial charge on any atom is 0.242 e. The molecule has 166 valence electrons. The van der Waals surface area contributed by atoms with Crippen molar-refractivity contribution in [2.75, 3.05) is 37.6 Å². The van der Waals surface area contributed by atoms with Crippen LogP contribution in [0.4, 0.5) is 5.69 Å². The largest absolute Gasteiger partial charge is 0.369 e. The first kappa shape index (κ1) is 22.8. The maximum absolute atomic E-state index is 12.1. The van der Waals surface area contributed by atoms with Crippen LogP contribution in [0.2, 0.25) is 0 Å². The van der Waals surface area contributed by atoms with Crippen LogP contribution in [0.1, 0.15) is 37.3 Å². The minimum Gasteiger partial charge on any atom is -0.369 e. The number of nitrogens with zero attached hydrogens (tertiary/aromatic N) is 2. The Labute approximate surface area is 185 Å². The van der Waals surface area contributed by atoms with Gasteiger partial charge in [0.25, 0.3) is 0 Å². The van der Waals surface area contributed by atoms with Crippen LogP contribution in [-0.4, -0.2) is 49.4 Å². The molecular weight excluding hydrogens is 388 g/mol. The van der Waals surface area contributed by atoms with Crippen LogP contribution in [0.15, 0.2) is 54.6 Å². The van der Waals surface area contributed by atoms with Gasteiger partial charge in [-0.15, -0.1) is 0 Å². The fraction of sp³-hybridized carbons (Fsp3) is 0.440. The number of para-hydroxylation sites is 1. The monoisotopic (exact) mass is 422 g/mol. The average molecular weight is 423 g/mol. The summed E-state index contributed by atoms with van der Waals surface area (Å²) in [5.74, 6) is -0.361. The van der Waals surface area contributed by atoms with Gasteiger partial charge in [-0.1, -0.05) is 55.8 Å². The van der Waals surface area contributed by atoms with E-state index in [9.17, 15) is 9.59 Å². The van der Waals surface area contributed by atoms with Crippen LogP contribution < -0.4 is 15.8 Å². The lowest BCUT2D eigenvalue weighted by Crippen LogP contribution is -2.48. The van der Waals surface area contributed by atoms with Crippen molar-refractivity contribution in [2.24, 2.45) is 0 Å². The highest BCUT2D eigenvalue weighted by molar-refractivity contribution is 5.83. The fourth-order valence-electron chi connectivity index (χ4n) is 3.76. The molecule has 1 aliphatic rings. The highest BCUT2D eigenvalue weighted by Crippen LogP contribution is 2.15. The molecule has 0 aromatic heterocycles. The molecule has 6 heteroatoms. The lowest BCUT2D eigenvalue weighted by Gasteiger charge is -2.36. The summed E-state index contributed by atoms with van der Waals surface area (Å²) in [4.78, 5) is 28.9. The van der Waals surface area contributed by atoms with Gasteiger partial charge in [0.2, 0.25) is 11.8 Å². The predicted octanol–water partition coefficient (Wildman–Crippen LogP) is 2.93. The van der Waals surface area contributed by atoms with Gasteiger partial charge in [-0.25, -0.2) is 0 Å². The Hall–Kier alpha value is -2.86. The van der Waals surface area contributed by atoms with Gasteiger partial charge in [-0.3, -0.25) is 25.3 Å². The number of benzene rings is 2. The van der Waals surface area contributed by atoms with Crippen molar-refractivity contribution < 1.29 is 9.59 Å². The van der Waals surface area contributed by atoms with Gasteiger partial charge >= 0.3 is 0 Å². The summed E-state index contributed by atoms with van der Waals surface area (Å²) in [6.07, 6.45) is 4.05. The normalized spacial score (nSPS) is 14.3. The fourth-order valence-corrected chi connectivity index (χ4v) is 3.76. The molecule has 1 heterocycles. The number of hydrogen-bond donors (Lipinski definition) is 2. The number of piperazine rings is 1. The minimum absolute atomic E-state index is 0.159. The van der Waals surface area contributed by atoms with E-state index < -0.39 is 0 Å². The predicted molar refractivity (Wildman–Crippen MR) is 125 cm³/mol. The molecule has 2 amide bonds. The van der Waals surface area contributed by atoms with Crippen molar-refractivity contribution in [1.82, 2.24) is 15.8 Å². The molecule has 0 unspecified atom stereocenters. The Balaban J connectivity index is 1.30. The van der Waals surface area contributed by atoms with Crippen LogP contribution >= 0.6 is 0 Å². The highest BCUT2D eigenvalue weighted by Gasteiger charge is 2.17. The molecule has 3 rings (SSSR count). The van der Waals surface area contributed by atoms with E-state index in [1.165, 1.54) is 24.1 Å². The molecule has 0 atom stereocenters. The minimum atomic E-state index is -0.203. The Morgan fingerprint density at radius 2 is 1.48 bits per heavy atom. The molecule has 0 bridgehead atoms. The maximum atomic E-state index is 12.1. The number of hydrogen-bond acceptors (Lipinski definition) is 4. The third kappa shape index (κ3) is 7.72. The molecule has 1 saturated heterocycles. The molecule has 6 nitrogen and oxygen atoms in total. The zero-order valence-electron chi connectivity index (χ0n) is 18.5. The average Bonchev–Trinajstić information content (AvgIpc) is 2.82. The Morgan fingerprint density at radius 3 is 2.16 bits per heavy atom. The number of carbonyl (C=O) groups is 2. The Kier molecular flexibility index (Phi) is 8.91. The van der Waals surface area contributed by atoms with Crippen LogP contribution in [0.3, 0.4) is 0 Å². The van der Waals surface area contributed by atoms with Crippen molar-refractivity contribution >= 4 is 17.5 Å². The van der Waals surface area contributed by atoms with Crippen molar-refractivity contribution in [1.29, 1.82) is 0 Å². The van der Waals surface area contributed by atoms with Gasteiger partial charge in [0.1, 0.15) is 0 Å². The van der Waals surface area contributed by atoms with Crippen molar-refractivity contribution in [3.8, 4) is 0 Å². The first-order valence-electron chi connectivity index (χ1n) is 11.3. The molecule has 31 heavy (non-hydrogen) atoms. The topological polar surface area (TPSA) is 64.7 Å². The summed E-state index contributed by atoms with van der Waals surface area (Å²) in [5.41, 5.74) is 8.56. The second kappa shape index (κ2) is 12.1. The number of unbranched alkanes of at least 4 members (excludes halogenated alkanes) is 1. The summed E-state index contributed by atoms with van der Waals surface area (Å²) in [6.45, 7) is 6.66. The van der Waals surface area contributed by atoms with Crippen molar-refractivity contribution in [3.05, 3.63) is 65.7 Å². The van der Waals surface area contributed by atoms with Gasteiger partial charge in [0, 0.05) is 44.8 Å². The Bertz CT molecular complexity index is 815. The molecule has 0 radical (unpaired) electrons. The van der Waals surface area contributed by atoms with Crippen LogP contribution in [-0.2, 0) is 22.4 Å². The second-order valence-corrected chi connectivity index (χ2v) is 8.11. The van der Waals surface area contributed by atoms with E-state index >= 15 is 0 Å². The number of hydrazine groups is 1. The number of aryl methyl sites for hydroxylation is 1. The van der Waals surface area contributed by atoms with Gasteiger partial charge in [0.15, 0.2) is 0 Å². The summed E-state index contributed by atoms with van der Waals surface area (Å²) in [5, 5.41) is 0. The molecule has 2 aromatic rings. The van der Waals surface area contributed by atoms with Gasteiger partial charge in [-0.2, -0.15) is 0 Å². The summed E-state index contributed by atoms with van der Waals surface area (Å²) in [7, 11) is 0. The van der Waals surface area contributed by atoms with E-state index in [1.807, 2.05) is 18.2 Å². The summed E-state index contributed by atoms with van der Waals surface area (Å²) >= 11 is 0. The van der Waals surface area contributed by atoms with Crippen LogP contribution in [0, 0.1) is 0 Å². The number of carbonyl (C=O) groups excluding carboxylic acids is 2. The van der Waals surface area contributed by atoms with Crippen LogP contribution in [0.5, 0.6) is 0 Å². The van der Waals surface area contributed by atoms with Gasteiger partial charge < -0.3 is 4.90 Å². The second-order valence-electron chi connectivity index (χ2n) is 8.11. The molecule has 1 aliphatic heterocycles. The van der Waals surface area contributed by atoms with E-state index in [0.717, 1.165) is 38.2 Å². The smallest absolute Gasteiger partial charge is 0.242 e. The molecule has 0 spiro atoms. The van der Waals surface area contributed by atoms with E-state index in [2.05, 4.69) is 64.0 Å². The number of nitrogens with one attached hydrogen (secondary N) is 2. The number of rotatable bonds is 9. The molecular formula is C25H34N4O2. The number of anilines is 1. The number of amides is 2. The van der Waals surface area contributed by atoms with Crippen molar-refractivity contribution in [2.45, 2.75) is 39.0 Å². The first-order chi connectivity index (χ1) is 15.1. The molecule has 0 aliphatic carbocycles. The SMILES string of the molecule is CCCCc1ccc(CC(=O)NNC(=O)CCN2CCN(c3ccccc3)CC2)cc1. The van der Waals surface area contributed by atoms with E-state index in [4.69, 9.17) is 0 Å². The van der Waals surface area contributed by atoms with Gasteiger partial charge in [0.05, 0.1) is 6.42 Å². The van der Waals surface area contributed by atoms with Crippen molar-refractivity contribution in [3.63, 3.8) is 0 Å². The van der Waals surface area contributed by atoms with Crippen LogP contribution in [0.25, 0.3) is 0 Å². The zero-order valence-corrected chi connectivity index (χ0v) is 18.5. The molecule has 2 aromatic carbocycles.